The second kappa shape index (κ2) is 7.43. The lowest BCUT2D eigenvalue weighted by atomic mass is 9.99. The zero-order chi connectivity index (χ0) is 14.5. The quantitative estimate of drug-likeness (QED) is 0.866. The third kappa shape index (κ3) is 4.47. The molecule has 1 aliphatic rings. The minimum Gasteiger partial charge on any atom is -0.352 e. The number of hydrogen-bond acceptors (Lipinski definition) is 2. The van der Waals surface area contributed by atoms with Crippen LogP contribution in [0.1, 0.15) is 31.7 Å². The Labute approximate surface area is 133 Å². The summed E-state index contributed by atoms with van der Waals surface area (Å²) < 4.78 is 1.00. The number of piperidine rings is 1. The van der Waals surface area contributed by atoms with Gasteiger partial charge in [-0.1, -0.05) is 27.5 Å². The summed E-state index contributed by atoms with van der Waals surface area (Å²) in [6, 6.07) is 6.27. The third-order valence-electron chi connectivity index (χ3n) is 3.74. The number of benzene rings is 1. The molecule has 0 saturated carbocycles. The van der Waals surface area contributed by atoms with Gasteiger partial charge in [0.15, 0.2) is 0 Å². The van der Waals surface area contributed by atoms with Crippen molar-refractivity contribution in [1.29, 1.82) is 0 Å². The second-order valence-corrected chi connectivity index (χ2v) is 6.59. The van der Waals surface area contributed by atoms with Gasteiger partial charge in [0.25, 0.3) is 0 Å². The van der Waals surface area contributed by atoms with E-state index in [1.807, 2.05) is 18.2 Å². The minimum atomic E-state index is 0.109. The lowest BCUT2D eigenvalue weighted by Gasteiger charge is -2.30. The number of carbonyl (C=O) groups excluding carboxylic acids is 1. The zero-order valence-electron chi connectivity index (χ0n) is 11.6. The molecule has 2 N–H and O–H groups in total. The topological polar surface area (TPSA) is 41.1 Å². The third-order valence-corrected chi connectivity index (χ3v) is 4.75. The lowest BCUT2D eigenvalue weighted by molar-refractivity contribution is -0.122. The molecule has 1 fully saturated rings. The average molecular weight is 360 g/mol. The van der Waals surface area contributed by atoms with Crippen molar-refractivity contribution in [3.05, 3.63) is 33.3 Å². The fraction of sp³-hybridized carbons (Fsp3) is 0.533. The lowest BCUT2D eigenvalue weighted by Crippen LogP contribution is -2.51. The van der Waals surface area contributed by atoms with E-state index in [0.29, 0.717) is 23.9 Å². The van der Waals surface area contributed by atoms with Gasteiger partial charge >= 0.3 is 0 Å². The van der Waals surface area contributed by atoms with Crippen LogP contribution in [-0.2, 0) is 11.2 Å². The van der Waals surface area contributed by atoms with Crippen molar-refractivity contribution in [2.75, 3.05) is 6.54 Å². The van der Waals surface area contributed by atoms with Gasteiger partial charge in [-0.05, 0) is 56.5 Å². The van der Waals surface area contributed by atoms with E-state index in [1.54, 1.807) is 0 Å². The molecule has 1 saturated heterocycles. The summed E-state index contributed by atoms with van der Waals surface area (Å²) in [5.41, 5.74) is 1.07. The van der Waals surface area contributed by atoms with Crippen molar-refractivity contribution in [3.63, 3.8) is 0 Å². The SMILES string of the molecule is CC1NCCCC1NC(=O)CCc1cc(Cl)ccc1Br. The van der Waals surface area contributed by atoms with Gasteiger partial charge in [-0.2, -0.15) is 0 Å². The van der Waals surface area contributed by atoms with E-state index < -0.39 is 0 Å². The molecule has 1 amide bonds. The summed E-state index contributed by atoms with van der Waals surface area (Å²) >= 11 is 9.47. The summed E-state index contributed by atoms with van der Waals surface area (Å²) in [6.07, 6.45) is 3.36. The molecule has 0 radical (unpaired) electrons. The van der Waals surface area contributed by atoms with E-state index in [9.17, 15) is 4.79 Å². The van der Waals surface area contributed by atoms with Crippen molar-refractivity contribution < 1.29 is 4.79 Å². The van der Waals surface area contributed by atoms with Gasteiger partial charge < -0.3 is 10.6 Å². The van der Waals surface area contributed by atoms with Gasteiger partial charge in [0.1, 0.15) is 0 Å². The molecule has 3 nitrogen and oxygen atoms in total. The van der Waals surface area contributed by atoms with E-state index in [0.717, 1.165) is 29.4 Å². The highest BCUT2D eigenvalue weighted by atomic mass is 79.9. The van der Waals surface area contributed by atoms with Gasteiger partial charge in [0, 0.05) is 28.0 Å². The summed E-state index contributed by atoms with van der Waals surface area (Å²) in [7, 11) is 0. The Kier molecular flexibility index (Phi) is 5.87. The zero-order valence-corrected chi connectivity index (χ0v) is 13.9. The number of aryl methyl sites for hydroxylation is 1. The summed E-state index contributed by atoms with van der Waals surface area (Å²) in [5, 5.41) is 7.21. The van der Waals surface area contributed by atoms with Gasteiger partial charge in [-0.25, -0.2) is 0 Å². The van der Waals surface area contributed by atoms with E-state index in [4.69, 9.17) is 11.6 Å². The fourth-order valence-electron chi connectivity index (χ4n) is 2.50. The molecule has 0 spiro atoms. The maximum absolute atomic E-state index is 12.0. The molecule has 1 heterocycles. The van der Waals surface area contributed by atoms with Crippen LogP contribution >= 0.6 is 27.5 Å². The summed E-state index contributed by atoms with van der Waals surface area (Å²) in [5.74, 6) is 0.109. The molecule has 0 bridgehead atoms. The van der Waals surface area contributed by atoms with Crippen LogP contribution in [-0.4, -0.2) is 24.5 Å². The van der Waals surface area contributed by atoms with E-state index >= 15 is 0 Å². The van der Waals surface area contributed by atoms with Gasteiger partial charge in [-0.3, -0.25) is 4.79 Å². The number of hydrogen-bond donors (Lipinski definition) is 2. The molecule has 110 valence electrons. The van der Waals surface area contributed by atoms with Gasteiger partial charge in [0.2, 0.25) is 5.91 Å². The average Bonchev–Trinajstić information content (AvgIpc) is 2.42. The number of carbonyl (C=O) groups is 1. The van der Waals surface area contributed by atoms with Crippen LogP contribution in [0, 0.1) is 0 Å². The first kappa shape index (κ1) is 15.8. The molecular weight excluding hydrogens is 340 g/mol. The van der Waals surface area contributed by atoms with Crippen LogP contribution < -0.4 is 10.6 Å². The first-order valence-electron chi connectivity index (χ1n) is 7.03. The number of amides is 1. The Morgan fingerprint density at radius 2 is 2.35 bits per heavy atom. The summed E-state index contributed by atoms with van der Waals surface area (Å²) in [4.78, 5) is 12.0. The predicted molar refractivity (Wildman–Crippen MR) is 86.1 cm³/mol. The number of nitrogens with one attached hydrogen (secondary N) is 2. The highest BCUT2D eigenvalue weighted by molar-refractivity contribution is 9.10. The van der Waals surface area contributed by atoms with Crippen LogP contribution in [0.2, 0.25) is 5.02 Å². The fourth-order valence-corrected chi connectivity index (χ4v) is 3.14. The van der Waals surface area contributed by atoms with Crippen LogP contribution in [0.5, 0.6) is 0 Å². The largest absolute Gasteiger partial charge is 0.352 e. The van der Waals surface area contributed by atoms with Crippen LogP contribution in [0.15, 0.2) is 22.7 Å². The van der Waals surface area contributed by atoms with Gasteiger partial charge in [-0.15, -0.1) is 0 Å². The van der Waals surface area contributed by atoms with Crippen molar-refractivity contribution in [3.8, 4) is 0 Å². The van der Waals surface area contributed by atoms with Crippen LogP contribution in [0.4, 0.5) is 0 Å². The molecule has 0 aromatic heterocycles. The Morgan fingerprint density at radius 1 is 1.55 bits per heavy atom. The molecule has 1 aromatic carbocycles. The van der Waals surface area contributed by atoms with Crippen LogP contribution in [0.25, 0.3) is 0 Å². The predicted octanol–water partition coefficient (Wildman–Crippen LogP) is 3.29. The maximum Gasteiger partial charge on any atom is 0.220 e. The Hall–Kier alpha value is -0.580. The molecular formula is C15H20BrClN2O. The molecule has 5 heteroatoms. The molecule has 2 unspecified atom stereocenters. The van der Waals surface area contributed by atoms with E-state index in [1.165, 1.54) is 0 Å². The Bertz CT molecular complexity index is 481. The Morgan fingerprint density at radius 3 is 3.10 bits per heavy atom. The standard InChI is InChI=1S/C15H20BrClN2O/c1-10-14(3-2-8-18-10)19-15(20)7-4-11-9-12(17)5-6-13(11)16/h5-6,9-10,14,18H,2-4,7-8H2,1H3,(H,19,20). The van der Waals surface area contributed by atoms with Gasteiger partial charge in [0.05, 0.1) is 0 Å². The normalized spacial score (nSPS) is 22.6. The number of rotatable bonds is 4. The van der Waals surface area contributed by atoms with Crippen molar-refractivity contribution in [2.24, 2.45) is 0 Å². The number of halogens is 2. The van der Waals surface area contributed by atoms with Crippen molar-refractivity contribution >= 4 is 33.4 Å². The minimum absolute atomic E-state index is 0.109. The Balaban J connectivity index is 1.84. The maximum atomic E-state index is 12.0. The molecule has 0 aliphatic carbocycles. The molecule has 1 aliphatic heterocycles. The molecule has 2 rings (SSSR count). The van der Waals surface area contributed by atoms with E-state index in [-0.39, 0.29) is 11.9 Å². The first-order chi connectivity index (χ1) is 9.56. The van der Waals surface area contributed by atoms with Crippen molar-refractivity contribution in [2.45, 2.75) is 44.7 Å². The second-order valence-electron chi connectivity index (χ2n) is 5.29. The summed E-state index contributed by atoms with van der Waals surface area (Å²) in [6.45, 7) is 3.17. The first-order valence-corrected chi connectivity index (χ1v) is 8.20. The highest BCUT2D eigenvalue weighted by Gasteiger charge is 2.22. The van der Waals surface area contributed by atoms with Crippen LogP contribution in [0.3, 0.4) is 0 Å². The van der Waals surface area contributed by atoms with E-state index in [2.05, 4.69) is 33.5 Å². The highest BCUT2D eigenvalue weighted by Crippen LogP contribution is 2.22. The van der Waals surface area contributed by atoms with Crippen molar-refractivity contribution in [1.82, 2.24) is 10.6 Å². The molecule has 20 heavy (non-hydrogen) atoms. The smallest absolute Gasteiger partial charge is 0.220 e. The molecule has 2 atom stereocenters. The monoisotopic (exact) mass is 358 g/mol. The molecule has 1 aromatic rings.